The van der Waals surface area contributed by atoms with Crippen molar-refractivity contribution in [3.8, 4) is 0 Å². The lowest BCUT2D eigenvalue weighted by atomic mass is 10.4. The molecule has 0 amide bonds. The van der Waals surface area contributed by atoms with Crippen LogP contribution in [0.15, 0.2) is 11.8 Å². The lowest BCUT2D eigenvalue weighted by Crippen LogP contribution is -2.15. The van der Waals surface area contributed by atoms with Crippen molar-refractivity contribution in [1.29, 1.82) is 0 Å². The summed E-state index contributed by atoms with van der Waals surface area (Å²) in [5.74, 6) is 0.742. The number of hydrogen-bond donors (Lipinski definition) is 0. The minimum atomic E-state index is -2.91. The second kappa shape index (κ2) is 4.49. The fourth-order valence-corrected chi connectivity index (χ4v) is 1.94. The van der Waals surface area contributed by atoms with Gasteiger partial charge in [-0.2, -0.15) is 0 Å². The van der Waals surface area contributed by atoms with E-state index in [4.69, 9.17) is 37.7 Å². The first kappa shape index (κ1) is 10.6. The number of allylic oxidation sites excluding steroid dienone is 2. The van der Waals surface area contributed by atoms with E-state index in [0.717, 1.165) is 12.2 Å². The summed E-state index contributed by atoms with van der Waals surface area (Å²) in [6.07, 6.45) is -0.352. The van der Waals surface area contributed by atoms with E-state index in [-0.39, 0.29) is 0 Å². The molecule has 0 aromatic rings. The first-order valence-corrected chi connectivity index (χ1v) is 7.85. The van der Waals surface area contributed by atoms with Crippen molar-refractivity contribution in [2.75, 3.05) is 0 Å². The summed E-state index contributed by atoms with van der Waals surface area (Å²) in [6, 6.07) is 0. The van der Waals surface area contributed by atoms with Crippen LogP contribution in [0, 0.1) is 0 Å². The lowest BCUT2D eigenvalue weighted by Gasteiger charge is -2.12. The summed E-state index contributed by atoms with van der Waals surface area (Å²) in [4.78, 5) is 0. The minimum absolute atomic E-state index is 0.742. The van der Waals surface area contributed by atoms with Gasteiger partial charge in [0, 0.05) is 6.42 Å². The molecule has 1 nitrogen and oxygen atoms in total. The molecule has 0 fully saturated rings. The molecule has 60 valence electrons. The van der Waals surface area contributed by atoms with Crippen LogP contribution in [-0.4, -0.2) is 6.25 Å². The van der Waals surface area contributed by atoms with Crippen molar-refractivity contribution in [3.63, 3.8) is 0 Å². The summed E-state index contributed by atoms with van der Waals surface area (Å²) in [5, 5.41) is 0. The van der Waals surface area contributed by atoms with Crippen molar-refractivity contribution in [1.82, 2.24) is 0 Å². The van der Waals surface area contributed by atoms with Gasteiger partial charge in [-0.3, -0.25) is 0 Å². The third kappa shape index (κ3) is 5.41. The summed E-state index contributed by atoms with van der Waals surface area (Å²) >= 11 is 16.5. The normalized spacial score (nSPS) is 13.5. The van der Waals surface area contributed by atoms with E-state index in [1.165, 1.54) is 0 Å². The Morgan fingerprint density at radius 1 is 1.50 bits per heavy atom. The van der Waals surface area contributed by atoms with Gasteiger partial charge in [-0.05, 0) is 6.92 Å². The van der Waals surface area contributed by atoms with Gasteiger partial charge < -0.3 is 4.43 Å². The van der Waals surface area contributed by atoms with Crippen molar-refractivity contribution in [2.45, 2.75) is 20.3 Å². The molecule has 0 spiro atoms. The monoisotopic (exact) mass is 218 g/mol. The van der Waals surface area contributed by atoms with Crippen LogP contribution >= 0.6 is 33.2 Å². The zero-order valence-corrected chi connectivity index (χ0v) is 9.09. The smallest absolute Gasteiger partial charge is 0.512 e. The zero-order chi connectivity index (χ0) is 8.20. The molecule has 0 saturated carbocycles. The van der Waals surface area contributed by atoms with E-state index in [1.54, 1.807) is 6.08 Å². The van der Waals surface area contributed by atoms with Crippen LogP contribution in [0.5, 0.6) is 0 Å². The van der Waals surface area contributed by atoms with Crippen molar-refractivity contribution >= 4 is 39.5 Å². The first-order valence-electron chi connectivity index (χ1n) is 2.90. The molecular formula is C5H9Cl3OSi. The van der Waals surface area contributed by atoms with E-state index in [0.29, 0.717) is 0 Å². The molecule has 0 N–H and O–H groups in total. The number of rotatable bonds is 3. The molecule has 0 atom stereocenters. The molecule has 0 aliphatic carbocycles. The van der Waals surface area contributed by atoms with Gasteiger partial charge in [-0.25, -0.2) is 0 Å². The van der Waals surface area contributed by atoms with Gasteiger partial charge in [0.2, 0.25) is 0 Å². The standard InChI is InChI=1S/C5H9Cl3OSi/c1-3-5(4-2)9-10(6,7)8/h3H,4H2,1-2H3/b5-3-. The quantitative estimate of drug-likeness (QED) is 0.401. The fraction of sp³-hybridized carbons (Fsp3) is 0.600. The van der Waals surface area contributed by atoms with Crippen LogP contribution in [0.3, 0.4) is 0 Å². The Hall–Kier alpha value is 0.627. The molecule has 0 aliphatic heterocycles. The van der Waals surface area contributed by atoms with Gasteiger partial charge in [0.1, 0.15) is 0 Å². The average Bonchev–Trinajstić information content (AvgIpc) is 1.81. The molecule has 0 aliphatic rings. The maximum atomic E-state index is 5.49. The molecular weight excluding hydrogens is 210 g/mol. The van der Waals surface area contributed by atoms with Crippen LogP contribution < -0.4 is 0 Å². The predicted molar refractivity (Wildman–Crippen MR) is 48.4 cm³/mol. The Morgan fingerprint density at radius 3 is 2.10 bits per heavy atom. The summed E-state index contributed by atoms with van der Waals surface area (Å²) in [5.41, 5.74) is 0. The van der Waals surface area contributed by atoms with Gasteiger partial charge in [0.15, 0.2) is 0 Å². The maximum absolute atomic E-state index is 5.49. The van der Waals surface area contributed by atoms with E-state index in [1.807, 2.05) is 13.8 Å². The lowest BCUT2D eigenvalue weighted by molar-refractivity contribution is 0.433. The van der Waals surface area contributed by atoms with Gasteiger partial charge in [-0.15, -0.1) is 0 Å². The van der Waals surface area contributed by atoms with Crippen LogP contribution in [0.1, 0.15) is 20.3 Å². The molecule has 0 rings (SSSR count). The fourth-order valence-electron chi connectivity index (χ4n) is 0.484. The van der Waals surface area contributed by atoms with Crippen molar-refractivity contribution in [2.24, 2.45) is 0 Å². The van der Waals surface area contributed by atoms with Crippen molar-refractivity contribution < 1.29 is 4.43 Å². The Balaban J connectivity index is 3.88. The summed E-state index contributed by atoms with van der Waals surface area (Å²) in [7, 11) is 0. The minimum Gasteiger partial charge on any atom is -0.512 e. The van der Waals surface area contributed by atoms with Crippen molar-refractivity contribution in [3.05, 3.63) is 11.8 Å². The van der Waals surface area contributed by atoms with Gasteiger partial charge in [0.25, 0.3) is 0 Å². The van der Waals surface area contributed by atoms with Crippen LogP contribution in [0.25, 0.3) is 0 Å². The Morgan fingerprint density at radius 2 is 2.00 bits per heavy atom. The predicted octanol–water partition coefficient (Wildman–Crippen LogP) is 3.47. The second-order valence-corrected chi connectivity index (χ2v) is 9.28. The topological polar surface area (TPSA) is 9.23 Å². The summed E-state index contributed by atoms with van der Waals surface area (Å²) in [6.45, 7) is 3.80. The molecule has 0 aromatic heterocycles. The third-order valence-corrected chi connectivity index (χ3v) is 2.11. The van der Waals surface area contributed by atoms with Crippen LogP contribution in [0.2, 0.25) is 0 Å². The maximum Gasteiger partial charge on any atom is 0.555 e. The van der Waals surface area contributed by atoms with Gasteiger partial charge in [0.05, 0.1) is 5.76 Å². The first-order chi connectivity index (χ1) is 4.49. The molecule has 0 saturated heterocycles. The molecule has 0 bridgehead atoms. The molecule has 0 unspecified atom stereocenters. The number of hydrogen-bond acceptors (Lipinski definition) is 1. The summed E-state index contributed by atoms with van der Waals surface area (Å²) < 4.78 is 5.03. The highest BCUT2D eigenvalue weighted by atomic mass is 35.8. The van der Waals surface area contributed by atoms with Crippen LogP contribution in [-0.2, 0) is 4.43 Å². The number of halogens is 3. The molecule has 0 aromatic carbocycles. The molecule has 10 heavy (non-hydrogen) atoms. The van der Waals surface area contributed by atoms with E-state index in [9.17, 15) is 0 Å². The average molecular weight is 220 g/mol. The largest absolute Gasteiger partial charge is 0.555 e. The Kier molecular flexibility index (Phi) is 4.78. The SMILES string of the molecule is C/C=C(/CC)O[Si](Cl)(Cl)Cl. The highest BCUT2D eigenvalue weighted by Gasteiger charge is 2.30. The van der Waals surface area contributed by atoms with Crippen LogP contribution in [0.4, 0.5) is 0 Å². The van der Waals surface area contributed by atoms with E-state index >= 15 is 0 Å². The van der Waals surface area contributed by atoms with Gasteiger partial charge in [-0.1, -0.05) is 46.2 Å². The molecule has 0 heterocycles. The molecule has 5 heteroatoms. The highest BCUT2D eigenvalue weighted by molar-refractivity contribution is 7.62. The molecule has 0 radical (unpaired) electrons. The Bertz CT molecular complexity index is 129. The highest BCUT2D eigenvalue weighted by Crippen LogP contribution is 2.25. The second-order valence-electron chi connectivity index (χ2n) is 1.66. The van der Waals surface area contributed by atoms with Gasteiger partial charge >= 0.3 is 6.25 Å². The van der Waals surface area contributed by atoms with E-state index in [2.05, 4.69) is 0 Å². The Labute approximate surface area is 76.2 Å². The zero-order valence-electron chi connectivity index (χ0n) is 5.83. The third-order valence-electron chi connectivity index (χ3n) is 0.917. The van der Waals surface area contributed by atoms with E-state index < -0.39 is 6.25 Å².